The van der Waals surface area contributed by atoms with Gasteiger partial charge in [-0.25, -0.2) is 4.79 Å². The van der Waals surface area contributed by atoms with Gasteiger partial charge in [-0.2, -0.15) is 0 Å². The van der Waals surface area contributed by atoms with E-state index in [0.717, 1.165) is 5.56 Å². The molecular weight excluding hydrogens is 460 g/mol. The summed E-state index contributed by atoms with van der Waals surface area (Å²) in [7, 11) is 3.29. The van der Waals surface area contributed by atoms with Gasteiger partial charge in [0, 0.05) is 43.2 Å². The summed E-state index contributed by atoms with van der Waals surface area (Å²) in [6.07, 6.45) is 0. The fourth-order valence-corrected chi connectivity index (χ4v) is 3.60. The van der Waals surface area contributed by atoms with Crippen LogP contribution in [0.1, 0.15) is 28.9 Å². The molecule has 0 fully saturated rings. The molecule has 178 valence electrons. The Balaban J connectivity index is 1.78. The molecule has 1 atom stereocenters. The number of nitro benzene ring substituents is 1. The topological polar surface area (TPSA) is 123 Å². The van der Waals surface area contributed by atoms with E-state index >= 15 is 0 Å². The molecule has 0 aromatic heterocycles. The zero-order valence-corrected chi connectivity index (χ0v) is 19.7. The number of carbonyl (C=O) groups is 2. The van der Waals surface area contributed by atoms with Crippen molar-refractivity contribution < 1.29 is 24.0 Å². The van der Waals surface area contributed by atoms with Crippen molar-refractivity contribution in [1.82, 2.24) is 10.2 Å². The van der Waals surface area contributed by atoms with Crippen LogP contribution in [0.5, 0.6) is 0 Å². The van der Waals surface area contributed by atoms with Crippen molar-refractivity contribution in [3.8, 4) is 0 Å². The molecule has 1 amide bonds. The van der Waals surface area contributed by atoms with Crippen LogP contribution in [-0.4, -0.2) is 54.2 Å². The van der Waals surface area contributed by atoms with Gasteiger partial charge in [0.25, 0.3) is 11.6 Å². The molecule has 1 heterocycles. The van der Waals surface area contributed by atoms with Crippen LogP contribution < -0.4 is 10.6 Å². The van der Waals surface area contributed by atoms with Gasteiger partial charge in [0.2, 0.25) is 0 Å². The fraction of sp³-hybridized carbons (Fsp3) is 0.261. The van der Waals surface area contributed by atoms with Crippen LogP contribution in [0.25, 0.3) is 0 Å². The molecule has 11 heteroatoms. The Hall–Kier alpha value is -3.83. The van der Waals surface area contributed by atoms with Crippen molar-refractivity contribution in [2.24, 2.45) is 0 Å². The van der Waals surface area contributed by atoms with Gasteiger partial charge in [-0.05, 0) is 49.0 Å². The minimum atomic E-state index is -0.529. The van der Waals surface area contributed by atoms with Gasteiger partial charge >= 0.3 is 5.97 Å². The van der Waals surface area contributed by atoms with Crippen molar-refractivity contribution >= 4 is 40.6 Å². The van der Waals surface area contributed by atoms with Crippen molar-refractivity contribution in [1.29, 1.82) is 0 Å². The number of benzene rings is 2. The molecule has 1 aliphatic heterocycles. The molecule has 0 saturated carbocycles. The van der Waals surface area contributed by atoms with Crippen LogP contribution in [0.2, 0.25) is 0 Å². The van der Waals surface area contributed by atoms with E-state index in [4.69, 9.17) is 21.7 Å². The molecule has 2 aromatic rings. The Morgan fingerprint density at radius 3 is 2.38 bits per heavy atom. The smallest absolute Gasteiger partial charge is 0.338 e. The average molecular weight is 485 g/mol. The second kappa shape index (κ2) is 10.9. The molecule has 0 aliphatic carbocycles. The summed E-state index contributed by atoms with van der Waals surface area (Å²) in [4.78, 5) is 37.2. The van der Waals surface area contributed by atoms with Gasteiger partial charge in [-0.3, -0.25) is 14.9 Å². The number of hydrogen-bond donors (Lipinski definition) is 2. The molecule has 2 N–H and O–H groups in total. The van der Waals surface area contributed by atoms with Crippen LogP contribution in [0.3, 0.4) is 0 Å². The minimum Gasteiger partial charge on any atom is -0.460 e. The third-order valence-corrected chi connectivity index (χ3v) is 5.73. The van der Waals surface area contributed by atoms with E-state index in [2.05, 4.69) is 10.6 Å². The summed E-state index contributed by atoms with van der Waals surface area (Å²) >= 11 is 5.40. The summed E-state index contributed by atoms with van der Waals surface area (Å²) in [5, 5.41) is 17.1. The lowest BCUT2D eigenvalue weighted by Gasteiger charge is -2.35. The van der Waals surface area contributed by atoms with Crippen LogP contribution >= 0.6 is 12.2 Å². The number of non-ortho nitro benzene ring substituents is 1. The first kappa shape index (κ1) is 24.8. The van der Waals surface area contributed by atoms with Crippen LogP contribution in [0.15, 0.2) is 59.8 Å². The SMILES string of the molecule is COCCOC(=O)C1=C(C)N(C)C(=S)NC1c1ccc(NC(=O)c2ccc([N+](=O)[O-])cc2)cc1. The van der Waals surface area contributed by atoms with Gasteiger partial charge in [0.15, 0.2) is 5.11 Å². The first-order valence-electron chi connectivity index (χ1n) is 10.3. The lowest BCUT2D eigenvalue weighted by molar-refractivity contribution is -0.384. The predicted octanol–water partition coefficient (Wildman–Crippen LogP) is 3.17. The third-order valence-electron chi connectivity index (χ3n) is 5.34. The number of esters is 1. The molecule has 0 saturated heterocycles. The quantitative estimate of drug-likeness (QED) is 0.191. The first-order chi connectivity index (χ1) is 16.2. The number of amides is 1. The molecule has 1 aliphatic rings. The Labute approximate surface area is 201 Å². The Morgan fingerprint density at radius 1 is 1.15 bits per heavy atom. The normalized spacial score (nSPS) is 15.6. The van der Waals surface area contributed by atoms with E-state index in [1.54, 1.807) is 43.1 Å². The number of nitrogens with one attached hydrogen (secondary N) is 2. The molecule has 0 radical (unpaired) electrons. The molecule has 10 nitrogen and oxygen atoms in total. The molecule has 34 heavy (non-hydrogen) atoms. The van der Waals surface area contributed by atoms with Crippen molar-refractivity contribution in [3.63, 3.8) is 0 Å². The maximum Gasteiger partial charge on any atom is 0.338 e. The van der Waals surface area contributed by atoms with Crippen LogP contribution in [-0.2, 0) is 14.3 Å². The molecule has 3 rings (SSSR count). The zero-order valence-electron chi connectivity index (χ0n) is 18.9. The number of allylic oxidation sites excluding steroid dienone is 1. The van der Waals surface area contributed by atoms with E-state index in [1.807, 2.05) is 0 Å². The number of hydrogen-bond acceptors (Lipinski definition) is 7. The number of carbonyl (C=O) groups excluding carboxylic acids is 2. The fourth-order valence-electron chi connectivity index (χ4n) is 3.34. The molecule has 1 unspecified atom stereocenters. The Bertz CT molecular complexity index is 1130. The highest BCUT2D eigenvalue weighted by Gasteiger charge is 2.33. The van der Waals surface area contributed by atoms with Gasteiger partial charge in [-0.15, -0.1) is 0 Å². The highest BCUT2D eigenvalue weighted by Crippen LogP contribution is 2.31. The highest BCUT2D eigenvalue weighted by atomic mass is 32.1. The lowest BCUT2D eigenvalue weighted by atomic mass is 9.95. The maximum atomic E-state index is 12.8. The summed E-state index contributed by atoms with van der Waals surface area (Å²) in [5.41, 5.74) is 2.57. The second-order valence-corrected chi connectivity index (χ2v) is 7.84. The number of anilines is 1. The standard InChI is InChI=1S/C23H24N4O6S/c1-14-19(22(29)33-13-12-32-3)20(25-23(34)26(14)2)15-4-8-17(9-5-15)24-21(28)16-6-10-18(11-7-16)27(30)31/h4-11,20H,12-13H2,1-3H3,(H,24,28)(H,25,34). The van der Waals surface area contributed by atoms with Gasteiger partial charge < -0.3 is 25.0 Å². The largest absolute Gasteiger partial charge is 0.460 e. The average Bonchev–Trinajstić information content (AvgIpc) is 2.83. The summed E-state index contributed by atoms with van der Waals surface area (Å²) < 4.78 is 10.3. The van der Waals surface area contributed by atoms with Gasteiger partial charge in [0.05, 0.1) is 23.1 Å². The Morgan fingerprint density at radius 2 is 1.79 bits per heavy atom. The molecule has 0 spiro atoms. The predicted molar refractivity (Wildman–Crippen MR) is 129 cm³/mol. The zero-order chi connectivity index (χ0) is 24.8. The number of ether oxygens (including phenoxy) is 2. The lowest BCUT2D eigenvalue weighted by Crippen LogP contribution is -2.46. The van der Waals surface area contributed by atoms with Crippen LogP contribution in [0, 0.1) is 10.1 Å². The molecular formula is C23H24N4O6S. The summed E-state index contributed by atoms with van der Waals surface area (Å²) in [5.74, 6) is -0.878. The van der Waals surface area contributed by atoms with Crippen LogP contribution in [0.4, 0.5) is 11.4 Å². The third kappa shape index (κ3) is 5.56. The highest BCUT2D eigenvalue weighted by molar-refractivity contribution is 7.80. The van der Waals surface area contributed by atoms with Gasteiger partial charge in [-0.1, -0.05) is 12.1 Å². The van der Waals surface area contributed by atoms with E-state index < -0.39 is 22.8 Å². The summed E-state index contributed by atoms with van der Waals surface area (Å²) in [6, 6.07) is 11.7. The Kier molecular flexibility index (Phi) is 7.92. The number of nitrogens with zero attached hydrogens (tertiary/aromatic N) is 2. The molecule has 0 bridgehead atoms. The summed E-state index contributed by atoms with van der Waals surface area (Å²) in [6.45, 7) is 2.21. The number of nitro groups is 1. The van der Waals surface area contributed by atoms with E-state index in [9.17, 15) is 19.7 Å². The number of methoxy groups -OCH3 is 1. The monoisotopic (exact) mass is 484 g/mol. The van der Waals surface area contributed by atoms with Crippen molar-refractivity contribution in [2.45, 2.75) is 13.0 Å². The van der Waals surface area contributed by atoms with E-state index in [0.29, 0.717) is 22.1 Å². The second-order valence-electron chi connectivity index (χ2n) is 7.45. The molecule has 2 aromatic carbocycles. The minimum absolute atomic E-state index is 0.0932. The van der Waals surface area contributed by atoms with Gasteiger partial charge in [0.1, 0.15) is 6.61 Å². The van der Waals surface area contributed by atoms with Crippen molar-refractivity contribution in [3.05, 3.63) is 81.0 Å². The maximum absolute atomic E-state index is 12.8. The van der Waals surface area contributed by atoms with Crippen molar-refractivity contribution in [2.75, 3.05) is 32.7 Å². The van der Waals surface area contributed by atoms with E-state index in [-0.39, 0.29) is 24.5 Å². The number of thiocarbonyl (C=S) groups is 1. The van der Waals surface area contributed by atoms with E-state index in [1.165, 1.54) is 31.4 Å². The first-order valence-corrected chi connectivity index (χ1v) is 10.7. The number of rotatable bonds is 8.